The van der Waals surface area contributed by atoms with Gasteiger partial charge < -0.3 is 15.2 Å². The van der Waals surface area contributed by atoms with E-state index in [9.17, 15) is 4.79 Å². The molecule has 0 bridgehead atoms. The lowest BCUT2D eigenvalue weighted by molar-refractivity contribution is 0.0595. The van der Waals surface area contributed by atoms with Crippen molar-refractivity contribution >= 4 is 22.4 Å². The Kier molecular flexibility index (Phi) is 3.74. The van der Waals surface area contributed by atoms with Crippen molar-refractivity contribution in [1.82, 2.24) is 4.98 Å². The summed E-state index contributed by atoms with van der Waals surface area (Å²) in [5.41, 5.74) is 0. The van der Waals surface area contributed by atoms with Crippen molar-refractivity contribution < 1.29 is 14.6 Å². The van der Waals surface area contributed by atoms with E-state index in [1.165, 1.54) is 17.5 Å². The Balaban J connectivity index is 1.81. The Bertz CT molecular complexity index is 361. The van der Waals surface area contributed by atoms with E-state index >= 15 is 0 Å². The molecule has 0 saturated carbocycles. The summed E-state index contributed by atoms with van der Waals surface area (Å²) in [5, 5.41) is 12.6. The van der Waals surface area contributed by atoms with E-state index in [0.717, 1.165) is 32.6 Å². The number of thiazole rings is 1. The number of aromatic nitrogens is 1. The summed E-state index contributed by atoms with van der Waals surface area (Å²) in [5.74, 6) is -0.419. The van der Waals surface area contributed by atoms with Crippen molar-refractivity contribution in [3.8, 4) is 0 Å². The van der Waals surface area contributed by atoms with Gasteiger partial charge in [-0.15, -0.1) is 0 Å². The summed E-state index contributed by atoms with van der Waals surface area (Å²) < 4.78 is 5.36. The minimum atomic E-state index is -0.924. The van der Waals surface area contributed by atoms with E-state index in [4.69, 9.17) is 9.84 Å². The number of aromatic carboxylic acids is 1. The van der Waals surface area contributed by atoms with Crippen LogP contribution in [0.4, 0.5) is 5.13 Å². The molecule has 88 valence electrons. The number of ether oxygens (including phenoxy) is 1. The lowest BCUT2D eigenvalue weighted by Gasteiger charge is -2.21. The van der Waals surface area contributed by atoms with Gasteiger partial charge in [-0.3, -0.25) is 0 Å². The fourth-order valence-electron chi connectivity index (χ4n) is 1.65. The number of carboxylic acid groups (broad SMARTS) is 1. The van der Waals surface area contributed by atoms with E-state index in [1.54, 1.807) is 0 Å². The van der Waals surface area contributed by atoms with Crippen molar-refractivity contribution in [2.45, 2.75) is 12.8 Å². The topological polar surface area (TPSA) is 71.5 Å². The highest BCUT2D eigenvalue weighted by Crippen LogP contribution is 2.20. The molecule has 1 atom stereocenters. The molecule has 2 rings (SSSR count). The number of hydrogen-bond acceptors (Lipinski definition) is 5. The first-order valence-electron chi connectivity index (χ1n) is 5.26. The van der Waals surface area contributed by atoms with Crippen molar-refractivity contribution in [2.24, 2.45) is 5.92 Å². The molecule has 1 aromatic rings. The highest BCUT2D eigenvalue weighted by molar-refractivity contribution is 7.17. The minimum absolute atomic E-state index is 0.266. The molecule has 0 spiro atoms. The fraction of sp³-hybridized carbons (Fsp3) is 0.600. The second-order valence-electron chi connectivity index (χ2n) is 3.80. The van der Waals surface area contributed by atoms with Gasteiger partial charge in [0.25, 0.3) is 0 Å². The van der Waals surface area contributed by atoms with Gasteiger partial charge in [0.1, 0.15) is 4.88 Å². The average Bonchev–Trinajstić information content (AvgIpc) is 2.76. The summed E-state index contributed by atoms with van der Waals surface area (Å²) in [6.45, 7) is 2.44. The van der Waals surface area contributed by atoms with Crippen LogP contribution in [0.1, 0.15) is 22.5 Å². The molecule has 1 aromatic heterocycles. The molecular weight excluding hydrogens is 228 g/mol. The Morgan fingerprint density at radius 1 is 1.75 bits per heavy atom. The molecule has 0 aromatic carbocycles. The number of anilines is 1. The van der Waals surface area contributed by atoms with Crippen LogP contribution in [0, 0.1) is 5.92 Å². The smallest absolute Gasteiger partial charge is 0.347 e. The van der Waals surface area contributed by atoms with Gasteiger partial charge in [0, 0.05) is 13.2 Å². The first-order chi connectivity index (χ1) is 7.75. The van der Waals surface area contributed by atoms with Crippen molar-refractivity contribution in [3.05, 3.63) is 11.1 Å². The van der Waals surface area contributed by atoms with E-state index in [1.807, 2.05) is 0 Å². The van der Waals surface area contributed by atoms with Crippen LogP contribution in [0.2, 0.25) is 0 Å². The minimum Gasteiger partial charge on any atom is -0.477 e. The maximum absolute atomic E-state index is 10.6. The Morgan fingerprint density at radius 2 is 2.62 bits per heavy atom. The van der Waals surface area contributed by atoms with Gasteiger partial charge in [0.15, 0.2) is 5.13 Å². The molecular formula is C10H14N2O3S. The monoisotopic (exact) mass is 242 g/mol. The molecule has 6 heteroatoms. The number of nitrogens with one attached hydrogen (secondary N) is 1. The van der Waals surface area contributed by atoms with Gasteiger partial charge in [-0.1, -0.05) is 11.3 Å². The van der Waals surface area contributed by atoms with Crippen LogP contribution < -0.4 is 5.32 Å². The zero-order valence-corrected chi connectivity index (χ0v) is 9.63. The fourth-order valence-corrected chi connectivity index (χ4v) is 2.32. The van der Waals surface area contributed by atoms with Crippen LogP contribution in [-0.2, 0) is 4.74 Å². The molecule has 1 unspecified atom stereocenters. The number of carbonyl (C=O) groups is 1. The summed E-state index contributed by atoms with van der Waals surface area (Å²) in [7, 11) is 0. The molecule has 1 fully saturated rings. The van der Waals surface area contributed by atoms with Crippen LogP contribution >= 0.6 is 11.3 Å². The largest absolute Gasteiger partial charge is 0.477 e. The lowest BCUT2D eigenvalue weighted by atomic mass is 10.0. The molecule has 1 aliphatic rings. The third-order valence-electron chi connectivity index (χ3n) is 2.51. The highest BCUT2D eigenvalue weighted by Gasteiger charge is 2.14. The molecule has 1 saturated heterocycles. The number of nitrogens with zero attached hydrogens (tertiary/aromatic N) is 1. The van der Waals surface area contributed by atoms with Crippen LogP contribution in [0.25, 0.3) is 0 Å². The van der Waals surface area contributed by atoms with Crippen molar-refractivity contribution in [3.63, 3.8) is 0 Å². The molecule has 0 amide bonds. The summed E-state index contributed by atoms with van der Waals surface area (Å²) >= 11 is 1.17. The first kappa shape index (κ1) is 11.3. The quantitative estimate of drug-likeness (QED) is 0.840. The molecule has 16 heavy (non-hydrogen) atoms. The predicted octanol–water partition coefficient (Wildman–Crippen LogP) is 1.68. The van der Waals surface area contributed by atoms with E-state index in [2.05, 4.69) is 10.3 Å². The highest BCUT2D eigenvalue weighted by atomic mass is 32.1. The Labute approximate surface area is 97.5 Å². The zero-order valence-electron chi connectivity index (χ0n) is 8.81. The lowest BCUT2D eigenvalue weighted by Crippen LogP contribution is -2.24. The Morgan fingerprint density at radius 3 is 3.25 bits per heavy atom. The maximum Gasteiger partial charge on any atom is 0.347 e. The van der Waals surface area contributed by atoms with Crippen LogP contribution in [0.15, 0.2) is 6.20 Å². The van der Waals surface area contributed by atoms with Crippen molar-refractivity contribution in [1.29, 1.82) is 0 Å². The van der Waals surface area contributed by atoms with E-state index in [-0.39, 0.29) is 4.88 Å². The molecule has 2 heterocycles. The van der Waals surface area contributed by atoms with Crippen LogP contribution in [0.5, 0.6) is 0 Å². The van der Waals surface area contributed by atoms with Gasteiger partial charge in [-0.25, -0.2) is 9.78 Å². The molecule has 1 aliphatic heterocycles. The van der Waals surface area contributed by atoms with E-state index in [0.29, 0.717) is 11.0 Å². The van der Waals surface area contributed by atoms with Gasteiger partial charge >= 0.3 is 5.97 Å². The Hall–Kier alpha value is -1.14. The van der Waals surface area contributed by atoms with Gasteiger partial charge in [-0.05, 0) is 18.8 Å². The number of rotatable bonds is 4. The SMILES string of the molecule is O=C(O)c1cnc(NCC2CCCOC2)s1. The zero-order chi connectivity index (χ0) is 11.4. The number of carboxylic acids is 1. The molecule has 0 radical (unpaired) electrons. The normalized spacial score (nSPS) is 20.6. The molecule has 5 nitrogen and oxygen atoms in total. The third kappa shape index (κ3) is 2.93. The van der Waals surface area contributed by atoms with Gasteiger partial charge in [0.05, 0.1) is 12.8 Å². The van der Waals surface area contributed by atoms with E-state index < -0.39 is 5.97 Å². The molecule has 0 aliphatic carbocycles. The summed E-state index contributed by atoms with van der Waals surface area (Å²) in [6.07, 6.45) is 3.64. The van der Waals surface area contributed by atoms with Gasteiger partial charge in [-0.2, -0.15) is 0 Å². The van der Waals surface area contributed by atoms with Gasteiger partial charge in [0.2, 0.25) is 0 Å². The first-order valence-corrected chi connectivity index (χ1v) is 6.08. The van der Waals surface area contributed by atoms with Crippen LogP contribution in [-0.4, -0.2) is 35.8 Å². The second kappa shape index (κ2) is 5.27. The standard InChI is InChI=1S/C10H14N2O3S/c13-9(14)8-5-12-10(16-8)11-4-7-2-1-3-15-6-7/h5,7H,1-4,6H2,(H,11,12)(H,13,14). The third-order valence-corrected chi connectivity index (χ3v) is 3.46. The maximum atomic E-state index is 10.6. The predicted molar refractivity (Wildman–Crippen MR) is 61.1 cm³/mol. The summed E-state index contributed by atoms with van der Waals surface area (Å²) in [4.78, 5) is 14.9. The number of hydrogen-bond donors (Lipinski definition) is 2. The summed E-state index contributed by atoms with van der Waals surface area (Å²) in [6, 6.07) is 0. The second-order valence-corrected chi connectivity index (χ2v) is 4.83. The van der Waals surface area contributed by atoms with Crippen LogP contribution in [0.3, 0.4) is 0 Å². The molecule has 2 N–H and O–H groups in total. The van der Waals surface area contributed by atoms with Crippen molar-refractivity contribution in [2.75, 3.05) is 25.1 Å². The average molecular weight is 242 g/mol.